The van der Waals surface area contributed by atoms with Crippen molar-refractivity contribution in [3.05, 3.63) is 54.1 Å². The third-order valence-corrected chi connectivity index (χ3v) is 6.01. The average Bonchev–Trinajstić information content (AvgIpc) is 2.77. The summed E-state index contributed by atoms with van der Waals surface area (Å²) in [7, 11) is 0. The van der Waals surface area contributed by atoms with E-state index >= 15 is 0 Å². The molecule has 4 rings (SSSR count). The minimum absolute atomic E-state index is 0.508. The number of nitrogens with zero attached hydrogens (tertiary/aromatic N) is 4. The second kappa shape index (κ2) is 9.43. The van der Waals surface area contributed by atoms with E-state index in [2.05, 4.69) is 64.3 Å². The zero-order chi connectivity index (χ0) is 20.9. The normalized spacial score (nSPS) is 18.5. The van der Waals surface area contributed by atoms with Crippen molar-refractivity contribution in [1.29, 1.82) is 0 Å². The van der Waals surface area contributed by atoms with Gasteiger partial charge in [0.1, 0.15) is 11.6 Å². The van der Waals surface area contributed by atoms with E-state index in [1.165, 1.54) is 24.0 Å². The number of rotatable bonds is 5. The van der Waals surface area contributed by atoms with Crippen LogP contribution in [0.2, 0.25) is 0 Å². The Bertz CT molecular complexity index is 914. The van der Waals surface area contributed by atoms with Crippen LogP contribution in [0.15, 0.2) is 43.0 Å². The number of aromatic nitrogens is 2. The molecule has 2 aliphatic rings. The lowest BCUT2D eigenvalue weighted by atomic mass is 10.00. The Balaban J connectivity index is 1.61. The minimum atomic E-state index is 0.508. The number of nitrogens with one attached hydrogen (secondary N) is 2. The van der Waals surface area contributed by atoms with Crippen molar-refractivity contribution in [2.45, 2.75) is 32.7 Å². The molecule has 6 nitrogen and oxygen atoms in total. The number of thiocarbonyl (C=S) groups is 1. The van der Waals surface area contributed by atoms with Crippen molar-refractivity contribution in [3.8, 4) is 0 Å². The van der Waals surface area contributed by atoms with E-state index in [0.29, 0.717) is 23.5 Å². The van der Waals surface area contributed by atoms with Crippen molar-refractivity contribution in [3.63, 3.8) is 0 Å². The maximum absolute atomic E-state index is 5.39. The van der Waals surface area contributed by atoms with Gasteiger partial charge >= 0.3 is 0 Å². The van der Waals surface area contributed by atoms with Gasteiger partial charge in [-0.15, -0.1) is 6.58 Å². The minimum Gasteiger partial charge on any atom is -0.359 e. The fourth-order valence-electron chi connectivity index (χ4n) is 4.20. The van der Waals surface area contributed by atoms with Crippen molar-refractivity contribution in [2.75, 3.05) is 41.3 Å². The van der Waals surface area contributed by atoms with E-state index in [0.717, 1.165) is 44.2 Å². The predicted octanol–water partition coefficient (Wildman–Crippen LogP) is 3.75. The molecule has 2 aromatic rings. The molecule has 7 heteroatoms. The molecule has 1 atom stereocenters. The smallest absolute Gasteiger partial charge is 0.232 e. The van der Waals surface area contributed by atoms with Crippen LogP contribution in [0.1, 0.15) is 30.9 Å². The Morgan fingerprint density at radius 1 is 1.20 bits per heavy atom. The van der Waals surface area contributed by atoms with E-state index in [9.17, 15) is 0 Å². The molecule has 30 heavy (non-hydrogen) atoms. The molecule has 0 spiro atoms. The third kappa shape index (κ3) is 4.90. The summed E-state index contributed by atoms with van der Waals surface area (Å²) in [6.07, 6.45) is 5.27. The molecule has 1 aromatic carbocycles. The van der Waals surface area contributed by atoms with E-state index in [1.54, 1.807) is 6.08 Å². The fourth-order valence-corrected chi connectivity index (χ4v) is 4.38. The number of piperidine rings is 1. The molecule has 1 aromatic heterocycles. The lowest BCUT2D eigenvalue weighted by Crippen LogP contribution is -2.36. The predicted molar refractivity (Wildman–Crippen MR) is 128 cm³/mol. The number of benzene rings is 1. The summed E-state index contributed by atoms with van der Waals surface area (Å²) in [6, 6.07) is 10.8. The van der Waals surface area contributed by atoms with Crippen LogP contribution >= 0.6 is 12.2 Å². The first-order valence-electron chi connectivity index (χ1n) is 10.7. The first-order valence-corrected chi connectivity index (χ1v) is 11.1. The highest BCUT2D eigenvalue weighted by Crippen LogP contribution is 2.28. The summed E-state index contributed by atoms with van der Waals surface area (Å²) in [4.78, 5) is 14.3. The maximum atomic E-state index is 5.39. The van der Waals surface area contributed by atoms with Crippen LogP contribution in [-0.2, 0) is 13.0 Å². The lowest BCUT2D eigenvalue weighted by Gasteiger charge is -2.34. The largest absolute Gasteiger partial charge is 0.359 e. The van der Waals surface area contributed by atoms with E-state index in [1.807, 2.05) is 0 Å². The van der Waals surface area contributed by atoms with Crippen LogP contribution in [-0.4, -0.2) is 41.3 Å². The molecule has 1 fully saturated rings. The Hall–Kier alpha value is -2.67. The van der Waals surface area contributed by atoms with Gasteiger partial charge < -0.3 is 20.4 Å². The molecule has 2 N–H and O–H groups in total. The quantitative estimate of drug-likeness (QED) is 0.562. The van der Waals surface area contributed by atoms with Crippen molar-refractivity contribution < 1.29 is 0 Å². The Labute approximate surface area is 184 Å². The van der Waals surface area contributed by atoms with Gasteiger partial charge in [0.05, 0.1) is 0 Å². The standard InChI is InChI=1S/C23H30N6S/c1-3-11-24-23(30)27-22-25-20(28-12-6-7-17(2)15-28)14-21(26-22)29-13-10-18-8-4-5-9-19(18)16-29/h3-5,8-9,14,17H,1,6-7,10-13,15-16H2,2H3,(H2,24,25,26,27,30)/t17-/m1/s1. The zero-order valence-electron chi connectivity index (χ0n) is 17.6. The van der Waals surface area contributed by atoms with Gasteiger partial charge in [-0.2, -0.15) is 9.97 Å². The number of fused-ring (bicyclic) bond motifs is 1. The summed E-state index contributed by atoms with van der Waals surface area (Å²) in [5, 5.41) is 6.77. The van der Waals surface area contributed by atoms with Crippen LogP contribution in [0.4, 0.5) is 17.6 Å². The molecule has 0 amide bonds. The van der Waals surface area contributed by atoms with Gasteiger partial charge in [-0.05, 0) is 48.5 Å². The highest BCUT2D eigenvalue weighted by molar-refractivity contribution is 7.80. The van der Waals surface area contributed by atoms with Crippen LogP contribution in [0, 0.1) is 5.92 Å². The van der Waals surface area contributed by atoms with Crippen LogP contribution in [0.5, 0.6) is 0 Å². The highest BCUT2D eigenvalue weighted by atomic mass is 32.1. The van der Waals surface area contributed by atoms with Crippen molar-refractivity contribution >= 4 is 34.9 Å². The van der Waals surface area contributed by atoms with Crippen molar-refractivity contribution in [1.82, 2.24) is 15.3 Å². The molecule has 0 saturated carbocycles. The molecular formula is C23H30N6S. The molecule has 158 valence electrons. The first kappa shape index (κ1) is 20.6. The molecule has 3 heterocycles. The summed E-state index contributed by atoms with van der Waals surface area (Å²) in [5.74, 6) is 3.13. The molecular weight excluding hydrogens is 392 g/mol. The molecule has 0 aliphatic carbocycles. The number of hydrogen-bond acceptors (Lipinski definition) is 5. The van der Waals surface area contributed by atoms with Gasteiger partial charge in [-0.3, -0.25) is 0 Å². The molecule has 2 aliphatic heterocycles. The lowest BCUT2D eigenvalue weighted by molar-refractivity contribution is 0.444. The van der Waals surface area contributed by atoms with Gasteiger partial charge in [-0.1, -0.05) is 37.3 Å². The second-order valence-electron chi connectivity index (χ2n) is 8.17. The Morgan fingerprint density at radius 2 is 1.97 bits per heavy atom. The van der Waals surface area contributed by atoms with Gasteiger partial charge in [0.25, 0.3) is 0 Å². The molecule has 0 radical (unpaired) electrons. The zero-order valence-corrected chi connectivity index (χ0v) is 18.4. The van der Waals surface area contributed by atoms with Crippen LogP contribution < -0.4 is 20.4 Å². The molecule has 1 saturated heterocycles. The monoisotopic (exact) mass is 422 g/mol. The Kier molecular flexibility index (Phi) is 6.47. The maximum Gasteiger partial charge on any atom is 0.232 e. The Morgan fingerprint density at radius 3 is 2.73 bits per heavy atom. The van der Waals surface area contributed by atoms with Crippen molar-refractivity contribution in [2.24, 2.45) is 5.92 Å². The fraction of sp³-hybridized carbons (Fsp3) is 0.435. The van der Waals surface area contributed by atoms with Gasteiger partial charge in [0.15, 0.2) is 5.11 Å². The van der Waals surface area contributed by atoms with Gasteiger partial charge in [0, 0.05) is 38.8 Å². The number of anilines is 3. The highest BCUT2D eigenvalue weighted by Gasteiger charge is 2.22. The van der Waals surface area contributed by atoms with Crippen LogP contribution in [0.3, 0.4) is 0 Å². The van der Waals surface area contributed by atoms with E-state index in [4.69, 9.17) is 22.2 Å². The number of hydrogen-bond donors (Lipinski definition) is 2. The molecule has 0 bridgehead atoms. The third-order valence-electron chi connectivity index (χ3n) is 5.77. The summed E-state index contributed by atoms with van der Waals surface area (Å²) >= 11 is 5.39. The topological polar surface area (TPSA) is 56.3 Å². The summed E-state index contributed by atoms with van der Waals surface area (Å²) in [6.45, 7) is 10.5. The van der Waals surface area contributed by atoms with Gasteiger partial charge in [-0.25, -0.2) is 0 Å². The molecule has 0 unspecified atom stereocenters. The van der Waals surface area contributed by atoms with E-state index < -0.39 is 0 Å². The average molecular weight is 423 g/mol. The summed E-state index contributed by atoms with van der Waals surface area (Å²) in [5.41, 5.74) is 2.80. The van der Waals surface area contributed by atoms with E-state index in [-0.39, 0.29) is 0 Å². The van der Waals surface area contributed by atoms with Crippen LogP contribution in [0.25, 0.3) is 0 Å². The summed E-state index contributed by atoms with van der Waals surface area (Å²) < 4.78 is 0. The SMILES string of the molecule is C=CCNC(=S)Nc1nc(N2CCc3ccccc3C2)cc(N2CCC[C@@H](C)C2)n1. The second-order valence-corrected chi connectivity index (χ2v) is 8.57. The first-order chi connectivity index (χ1) is 14.6. The van der Waals surface area contributed by atoms with Gasteiger partial charge in [0.2, 0.25) is 5.95 Å².